The minimum atomic E-state index is -5.36. The van der Waals surface area contributed by atoms with Crippen LogP contribution < -0.4 is 20.5 Å². The normalized spacial score (nSPS) is 14.3. The van der Waals surface area contributed by atoms with Crippen LogP contribution in [0.4, 0.5) is 17.6 Å². The summed E-state index contributed by atoms with van der Waals surface area (Å²) in [5, 5.41) is 13.4. The first-order valence-corrected chi connectivity index (χ1v) is 14.4. The van der Waals surface area contributed by atoms with Crippen LogP contribution in [0.1, 0.15) is 41.4 Å². The van der Waals surface area contributed by atoms with Crippen molar-refractivity contribution in [2.75, 3.05) is 13.2 Å². The number of nitrogens with one attached hydrogen (secondary N) is 1. The number of pyridine rings is 2. The van der Waals surface area contributed by atoms with Gasteiger partial charge in [-0.2, -0.15) is 13.2 Å². The van der Waals surface area contributed by atoms with Gasteiger partial charge in [-0.3, -0.25) is 14.6 Å². The second-order valence-corrected chi connectivity index (χ2v) is 10.7. The van der Waals surface area contributed by atoms with E-state index in [2.05, 4.69) is 15.3 Å². The van der Waals surface area contributed by atoms with Crippen molar-refractivity contribution >= 4 is 11.8 Å². The van der Waals surface area contributed by atoms with Gasteiger partial charge in [0.1, 0.15) is 23.0 Å². The van der Waals surface area contributed by atoms with Crippen LogP contribution in [0.5, 0.6) is 11.5 Å². The minimum absolute atomic E-state index is 0.00519. The van der Waals surface area contributed by atoms with Crippen LogP contribution in [0.2, 0.25) is 0 Å². The summed E-state index contributed by atoms with van der Waals surface area (Å²) in [6.07, 6.45) is -2.56. The molecule has 4 N–H and O–H groups in total. The van der Waals surface area contributed by atoms with Crippen molar-refractivity contribution in [3.05, 3.63) is 95.6 Å². The standard InChI is InChI=1S/C33H30F4N4O5/c1-2-45-30-21(17-28(38)42)16-27(41-29(30)19-6-9-22(34)10-7-19)32(44,33(35,36)37)18-40-31(43)20-8-13-26(46-23-11-12-23)24(15-20)25-5-3-4-14-39-25/h3-10,13-16,23,44H,2,11-12,17-18H2,1H3,(H2,38,42)(H,40,43)/t32-/m0/s1. The number of benzene rings is 2. The third kappa shape index (κ3) is 7.09. The Balaban J connectivity index is 1.52. The van der Waals surface area contributed by atoms with Gasteiger partial charge >= 0.3 is 6.18 Å². The van der Waals surface area contributed by atoms with E-state index in [9.17, 15) is 32.3 Å². The van der Waals surface area contributed by atoms with Crippen LogP contribution in [0.3, 0.4) is 0 Å². The van der Waals surface area contributed by atoms with Gasteiger partial charge in [0.15, 0.2) is 0 Å². The first kappa shape index (κ1) is 32.4. The topological polar surface area (TPSA) is 137 Å². The Morgan fingerprint density at radius 1 is 1.07 bits per heavy atom. The minimum Gasteiger partial charge on any atom is -0.491 e. The molecule has 13 heteroatoms. The molecule has 9 nitrogen and oxygen atoms in total. The van der Waals surface area contributed by atoms with Gasteiger partial charge in [-0.1, -0.05) is 6.07 Å². The molecule has 1 aliphatic carbocycles. The third-order valence-corrected chi connectivity index (χ3v) is 7.22. The van der Waals surface area contributed by atoms with Crippen LogP contribution in [0, 0.1) is 5.82 Å². The number of aliphatic hydroxyl groups is 1. The molecule has 1 aliphatic rings. The lowest BCUT2D eigenvalue weighted by molar-refractivity contribution is -0.265. The van der Waals surface area contributed by atoms with E-state index in [1.807, 2.05) is 0 Å². The first-order chi connectivity index (χ1) is 21.9. The Hall–Kier alpha value is -5.04. The fourth-order valence-corrected chi connectivity index (χ4v) is 4.73. The van der Waals surface area contributed by atoms with E-state index in [0.29, 0.717) is 17.0 Å². The number of nitrogens with zero attached hydrogens (tertiary/aromatic N) is 2. The molecule has 2 aromatic carbocycles. The highest BCUT2D eigenvalue weighted by Gasteiger charge is 2.56. The molecular weight excluding hydrogens is 608 g/mol. The Morgan fingerprint density at radius 2 is 1.80 bits per heavy atom. The predicted molar refractivity (Wildman–Crippen MR) is 159 cm³/mol. The number of nitrogens with two attached hydrogens (primary N) is 1. The van der Waals surface area contributed by atoms with Gasteiger partial charge in [-0.25, -0.2) is 9.37 Å². The molecule has 0 radical (unpaired) electrons. The second-order valence-electron chi connectivity index (χ2n) is 10.7. The van der Waals surface area contributed by atoms with E-state index in [-0.39, 0.29) is 40.8 Å². The number of carbonyl (C=O) groups is 2. The molecule has 46 heavy (non-hydrogen) atoms. The molecule has 2 heterocycles. The summed E-state index contributed by atoms with van der Waals surface area (Å²) in [6, 6.07) is 15.1. The van der Waals surface area contributed by atoms with Crippen LogP contribution in [0.25, 0.3) is 22.5 Å². The summed E-state index contributed by atoms with van der Waals surface area (Å²) < 4.78 is 69.4. The molecular formula is C33H30F4N4O5. The van der Waals surface area contributed by atoms with Gasteiger partial charge in [0, 0.05) is 28.5 Å². The highest BCUT2D eigenvalue weighted by Crippen LogP contribution is 2.42. The number of rotatable bonds is 12. The van der Waals surface area contributed by atoms with Crippen molar-refractivity contribution in [3.8, 4) is 34.0 Å². The Bertz CT molecular complexity index is 1730. The molecule has 0 bridgehead atoms. The average Bonchev–Trinajstić information content (AvgIpc) is 3.85. The highest BCUT2D eigenvalue weighted by atomic mass is 19.4. The maximum absolute atomic E-state index is 14.7. The molecule has 240 valence electrons. The SMILES string of the molecule is CCOc1c(CC(N)=O)cc([C@@](O)(CNC(=O)c2ccc(OC3CC3)c(-c3ccccn3)c2)C(F)(F)F)nc1-c1ccc(F)cc1. The fraction of sp³-hybridized carbons (Fsp3) is 0.273. The first-order valence-electron chi connectivity index (χ1n) is 14.4. The van der Waals surface area contributed by atoms with Crippen LogP contribution >= 0.6 is 0 Å². The van der Waals surface area contributed by atoms with E-state index < -0.39 is 48.1 Å². The molecule has 0 aliphatic heterocycles. The molecule has 1 fully saturated rings. The molecule has 4 aromatic rings. The van der Waals surface area contributed by atoms with E-state index in [1.165, 1.54) is 24.3 Å². The molecule has 0 spiro atoms. The van der Waals surface area contributed by atoms with Gasteiger partial charge in [0.05, 0.1) is 37.1 Å². The molecule has 2 aromatic heterocycles. The van der Waals surface area contributed by atoms with E-state index >= 15 is 0 Å². The zero-order valence-electron chi connectivity index (χ0n) is 24.6. The molecule has 0 unspecified atom stereocenters. The number of carbonyl (C=O) groups excluding carboxylic acids is 2. The number of hydrogen-bond acceptors (Lipinski definition) is 7. The van der Waals surface area contributed by atoms with Crippen molar-refractivity contribution in [3.63, 3.8) is 0 Å². The van der Waals surface area contributed by atoms with Gasteiger partial charge < -0.3 is 25.6 Å². The quantitative estimate of drug-likeness (QED) is 0.184. The molecule has 1 atom stereocenters. The number of primary amides is 1. The largest absolute Gasteiger partial charge is 0.491 e. The van der Waals surface area contributed by atoms with Gasteiger partial charge in [-0.05, 0) is 80.4 Å². The summed E-state index contributed by atoms with van der Waals surface area (Å²) in [5.74, 6) is -1.99. The smallest absolute Gasteiger partial charge is 0.424 e. The lowest BCUT2D eigenvalue weighted by Crippen LogP contribution is -2.51. The van der Waals surface area contributed by atoms with Crippen molar-refractivity contribution in [2.45, 2.75) is 44.1 Å². The highest BCUT2D eigenvalue weighted by molar-refractivity contribution is 5.96. The average molecular weight is 639 g/mol. The molecule has 0 saturated heterocycles. The van der Waals surface area contributed by atoms with Gasteiger partial charge in [0.2, 0.25) is 11.5 Å². The summed E-state index contributed by atoms with van der Waals surface area (Å²) in [5.41, 5.74) is 1.57. The maximum atomic E-state index is 14.7. The second kappa shape index (κ2) is 13.1. The summed E-state index contributed by atoms with van der Waals surface area (Å²) in [6.45, 7) is 0.321. The molecule has 5 rings (SSSR count). The van der Waals surface area contributed by atoms with Crippen LogP contribution in [-0.4, -0.2) is 52.3 Å². The summed E-state index contributed by atoms with van der Waals surface area (Å²) >= 11 is 0. The Kier molecular flexibility index (Phi) is 9.24. The van der Waals surface area contributed by atoms with Gasteiger partial charge in [-0.15, -0.1) is 0 Å². The van der Waals surface area contributed by atoms with Crippen molar-refractivity contribution < 1.29 is 41.7 Å². The summed E-state index contributed by atoms with van der Waals surface area (Å²) in [4.78, 5) is 33.6. The number of halogens is 4. The Labute approximate surface area is 261 Å². The van der Waals surface area contributed by atoms with Crippen LogP contribution in [-0.2, 0) is 16.8 Å². The monoisotopic (exact) mass is 638 g/mol. The van der Waals surface area contributed by atoms with Crippen molar-refractivity contribution in [2.24, 2.45) is 5.73 Å². The van der Waals surface area contributed by atoms with Gasteiger partial charge in [0.25, 0.3) is 5.91 Å². The predicted octanol–water partition coefficient (Wildman–Crippen LogP) is 5.10. The lowest BCUT2D eigenvalue weighted by atomic mass is 9.93. The van der Waals surface area contributed by atoms with Crippen molar-refractivity contribution in [1.29, 1.82) is 0 Å². The van der Waals surface area contributed by atoms with E-state index in [1.54, 1.807) is 37.4 Å². The number of ether oxygens (including phenoxy) is 2. The fourth-order valence-electron chi connectivity index (χ4n) is 4.73. The number of hydrogen-bond donors (Lipinski definition) is 3. The molecule has 2 amide bonds. The molecule has 1 saturated carbocycles. The van der Waals surface area contributed by atoms with E-state index in [0.717, 1.165) is 31.0 Å². The zero-order chi connectivity index (χ0) is 33.1. The number of alkyl halides is 3. The zero-order valence-corrected chi connectivity index (χ0v) is 24.6. The Morgan fingerprint density at radius 3 is 2.41 bits per heavy atom. The van der Waals surface area contributed by atoms with Crippen LogP contribution in [0.15, 0.2) is 72.9 Å². The lowest BCUT2D eigenvalue weighted by Gasteiger charge is -2.31. The summed E-state index contributed by atoms with van der Waals surface area (Å²) in [7, 11) is 0. The third-order valence-electron chi connectivity index (χ3n) is 7.22. The maximum Gasteiger partial charge on any atom is 0.424 e. The number of aromatic nitrogens is 2. The van der Waals surface area contributed by atoms with Crippen molar-refractivity contribution in [1.82, 2.24) is 15.3 Å². The number of amides is 2. The van der Waals surface area contributed by atoms with E-state index in [4.69, 9.17) is 15.2 Å².